The lowest BCUT2D eigenvalue weighted by Gasteiger charge is -2.23. The zero-order chi connectivity index (χ0) is 24.2. The van der Waals surface area contributed by atoms with Crippen molar-refractivity contribution in [2.45, 2.75) is 63.6 Å². The maximum absolute atomic E-state index is 13.0. The topological polar surface area (TPSA) is 69.5 Å². The molecule has 1 heterocycles. The molecule has 0 amide bonds. The molecule has 1 aliphatic heterocycles. The van der Waals surface area contributed by atoms with Crippen LogP contribution in [0.2, 0.25) is 0 Å². The second-order valence-corrected chi connectivity index (χ2v) is 8.43. The minimum absolute atomic E-state index is 0.108. The first kappa shape index (κ1) is 25.6. The Kier molecular flexibility index (Phi) is 10.3. The van der Waals surface area contributed by atoms with Crippen LogP contribution in [0.4, 0.5) is 0 Å². The molecule has 0 radical (unpaired) electrons. The van der Waals surface area contributed by atoms with Crippen molar-refractivity contribution in [3.63, 3.8) is 0 Å². The number of ether oxygens (including phenoxy) is 3. The third-order valence-electron chi connectivity index (χ3n) is 6.03. The van der Waals surface area contributed by atoms with E-state index in [1.54, 1.807) is 14.2 Å². The summed E-state index contributed by atoms with van der Waals surface area (Å²) in [6.07, 6.45) is 4.98. The summed E-state index contributed by atoms with van der Waals surface area (Å²) < 4.78 is 16.7. The number of methoxy groups -OCH3 is 2. The molecule has 2 aromatic carbocycles. The van der Waals surface area contributed by atoms with Gasteiger partial charge in [0.25, 0.3) is 0 Å². The third kappa shape index (κ3) is 7.52. The molecular weight excluding hydrogens is 428 g/mol. The summed E-state index contributed by atoms with van der Waals surface area (Å²) in [5.74, 6) is 0.462. The van der Waals surface area contributed by atoms with Crippen LogP contribution in [-0.4, -0.2) is 56.6 Å². The molecular formula is C28H36N2O4. The zero-order valence-electron chi connectivity index (χ0n) is 20.5. The van der Waals surface area contributed by atoms with E-state index >= 15 is 0 Å². The van der Waals surface area contributed by atoms with Crippen molar-refractivity contribution in [3.05, 3.63) is 71.8 Å². The van der Waals surface area contributed by atoms with Gasteiger partial charge in [0.15, 0.2) is 11.9 Å². The molecule has 2 aromatic rings. The van der Waals surface area contributed by atoms with Crippen LogP contribution >= 0.6 is 0 Å². The van der Waals surface area contributed by atoms with E-state index in [0.29, 0.717) is 19.4 Å². The lowest BCUT2D eigenvalue weighted by molar-refractivity contribution is -0.145. The highest BCUT2D eigenvalue weighted by atomic mass is 16.5. The predicted octanol–water partition coefficient (Wildman–Crippen LogP) is 5.24. The fourth-order valence-corrected chi connectivity index (χ4v) is 4.26. The fourth-order valence-electron chi connectivity index (χ4n) is 4.26. The van der Waals surface area contributed by atoms with Crippen molar-refractivity contribution in [3.8, 4) is 0 Å². The van der Waals surface area contributed by atoms with Crippen LogP contribution in [0.5, 0.6) is 0 Å². The van der Waals surface area contributed by atoms with Gasteiger partial charge in [0.1, 0.15) is 0 Å². The van der Waals surface area contributed by atoms with Crippen molar-refractivity contribution in [1.29, 1.82) is 0 Å². The van der Waals surface area contributed by atoms with Crippen LogP contribution in [0.15, 0.2) is 70.6 Å². The summed E-state index contributed by atoms with van der Waals surface area (Å²) in [7, 11) is 3.36. The molecule has 6 heteroatoms. The van der Waals surface area contributed by atoms with Gasteiger partial charge in [-0.3, -0.25) is 9.98 Å². The zero-order valence-corrected chi connectivity index (χ0v) is 20.5. The predicted molar refractivity (Wildman–Crippen MR) is 136 cm³/mol. The molecule has 0 N–H and O–H groups in total. The van der Waals surface area contributed by atoms with Crippen LogP contribution in [0.3, 0.4) is 0 Å². The molecule has 3 atom stereocenters. The van der Waals surface area contributed by atoms with E-state index in [-0.39, 0.29) is 18.1 Å². The van der Waals surface area contributed by atoms with Gasteiger partial charge < -0.3 is 14.2 Å². The van der Waals surface area contributed by atoms with Crippen LogP contribution in [-0.2, 0) is 19.0 Å². The van der Waals surface area contributed by atoms with Crippen molar-refractivity contribution in [2.75, 3.05) is 20.8 Å². The van der Waals surface area contributed by atoms with E-state index in [2.05, 4.69) is 0 Å². The second kappa shape index (κ2) is 13.7. The Balaban J connectivity index is 1.90. The second-order valence-electron chi connectivity index (χ2n) is 8.43. The molecule has 0 bridgehead atoms. The minimum Gasteiger partial charge on any atom is -0.484 e. The molecule has 0 aromatic heterocycles. The summed E-state index contributed by atoms with van der Waals surface area (Å²) in [5.41, 5.74) is 2.67. The first-order chi connectivity index (χ1) is 16.6. The molecule has 182 valence electrons. The number of carbonyl (C=O) groups is 1. The maximum Gasteiger partial charge on any atom is 0.330 e. The Morgan fingerprint density at radius 1 is 1.03 bits per heavy atom. The monoisotopic (exact) mass is 464 g/mol. The van der Waals surface area contributed by atoms with E-state index < -0.39 is 6.04 Å². The number of benzene rings is 2. The summed E-state index contributed by atoms with van der Waals surface area (Å²) in [6.45, 7) is 2.12. The average molecular weight is 465 g/mol. The highest BCUT2D eigenvalue weighted by molar-refractivity contribution is 6.13. The van der Waals surface area contributed by atoms with Gasteiger partial charge in [-0.05, 0) is 26.2 Å². The molecule has 1 aliphatic rings. The van der Waals surface area contributed by atoms with Gasteiger partial charge in [0.2, 0.25) is 0 Å². The largest absolute Gasteiger partial charge is 0.484 e. The highest BCUT2D eigenvalue weighted by Crippen LogP contribution is 2.23. The molecule has 0 fully saturated rings. The third-order valence-corrected chi connectivity index (χ3v) is 6.03. The first-order valence-corrected chi connectivity index (χ1v) is 12.1. The average Bonchev–Trinajstić information content (AvgIpc) is 3.12. The normalized spacial score (nSPS) is 17.6. The summed E-state index contributed by atoms with van der Waals surface area (Å²) in [4.78, 5) is 22.8. The summed E-state index contributed by atoms with van der Waals surface area (Å²) in [5, 5.41) is 0. The van der Waals surface area contributed by atoms with Gasteiger partial charge in [-0.25, -0.2) is 4.79 Å². The molecule has 0 spiro atoms. The minimum atomic E-state index is -0.683. The van der Waals surface area contributed by atoms with Gasteiger partial charge in [-0.1, -0.05) is 67.1 Å². The van der Waals surface area contributed by atoms with Crippen molar-refractivity contribution >= 4 is 17.6 Å². The Hall–Kier alpha value is -2.99. The number of esters is 1. The van der Waals surface area contributed by atoms with Crippen LogP contribution < -0.4 is 0 Å². The summed E-state index contributed by atoms with van der Waals surface area (Å²) in [6, 6.07) is 19.3. The number of nitrogens with zero attached hydrogens (tertiary/aromatic N) is 2. The number of hydrogen-bond donors (Lipinski definition) is 0. The standard InChI is InChI=1S/C28H36N2O4/c1-4-34-28(31)25(20-24(32-2)19-23-17-11-12-18-26(29-23)33-3)30-27(21-13-7-5-8-14-21)22-15-9-6-10-16-22/h5-10,13-16,23-25H,4,11-12,17-20H2,1-3H3. The van der Waals surface area contributed by atoms with Crippen LogP contribution in [0.25, 0.3) is 0 Å². The Bertz CT molecular complexity index is 902. The highest BCUT2D eigenvalue weighted by Gasteiger charge is 2.27. The maximum atomic E-state index is 13.0. The number of aliphatic imine (C=N–C) groups is 2. The molecule has 6 nitrogen and oxygen atoms in total. The van der Waals surface area contributed by atoms with E-state index in [1.807, 2.05) is 67.6 Å². The molecule has 34 heavy (non-hydrogen) atoms. The SMILES string of the molecule is CCOC(=O)C(CC(CC1CCCCC(OC)=N1)OC)N=C(c1ccccc1)c1ccccc1. The Morgan fingerprint density at radius 2 is 1.68 bits per heavy atom. The number of hydrogen-bond acceptors (Lipinski definition) is 6. The molecule has 3 rings (SSSR count). The van der Waals surface area contributed by atoms with Crippen LogP contribution in [0, 0.1) is 0 Å². The number of rotatable bonds is 10. The van der Waals surface area contributed by atoms with E-state index in [4.69, 9.17) is 24.2 Å². The van der Waals surface area contributed by atoms with Gasteiger partial charge in [-0.15, -0.1) is 0 Å². The lowest BCUT2D eigenvalue weighted by Crippen LogP contribution is -2.31. The Morgan fingerprint density at radius 3 is 2.24 bits per heavy atom. The first-order valence-electron chi connectivity index (χ1n) is 12.1. The van der Waals surface area contributed by atoms with E-state index in [0.717, 1.165) is 48.4 Å². The lowest BCUT2D eigenvalue weighted by atomic mass is 9.98. The van der Waals surface area contributed by atoms with Crippen molar-refractivity contribution in [1.82, 2.24) is 0 Å². The van der Waals surface area contributed by atoms with Crippen molar-refractivity contribution < 1.29 is 19.0 Å². The Labute approximate surface area is 203 Å². The quantitative estimate of drug-likeness (QED) is 0.356. The molecule has 0 aliphatic carbocycles. The number of carbonyl (C=O) groups excluding carboxylic acids is 1. The fraction of sp³-hybridized carbons (Fsp3) is 0.464. The van der Waals surface area contributed by atoms with E-state index in [9.17, 15) is 4.79 Å². The smallest absolute Gasteiger partial charge is 0.330 e. The van der Waals surface area contributed by atoms with Crippen molar-refractivity contribution in [2.24, 2.45) is 9.98 Å². The van der Waals surface area contributed by atoms with Gasteiger partial charge in [0, 0.05) is 31.1 Å². The summed E-state index contributed by atoms with van der Waals surface area (Å²) >= 11 is 0. The van der Waals surface area contributed by atoms with Gasteiger partial charge in [-0.2, -0.15) is 0 Å². The van der Waals surface area contributed by atoms with E-state index in [1.165, 1.54) is 0 Å². The molecule has 3 unspecified atom stereocenters. The van der Waals surface area contributed by atoms with Gasteiger partial charge >= 0.3 is 5.97 Å². The van der Waals surface area contributed by atoms with Gasteiger partial charge in [0.05, 0.1) is 31.6 Å². The molecule has 0 saturated heterocycles. The van der Waals surface area contributed by atoms with Crippen LogP contribution in [0.1, 0.15) is 56.6 Å². The molecule has 0 saturated carbocycles.